The van der Waals surface area contributed by atoms with Crippen molar-refractivity contribution in [3.63, 3.8) is 0 Å². The zero-order chi connectivity index (χ0) is 23.3. The van der Waals surface area contributed by atoms with Gasteiger partial charge in [0, 0.05) is 49.1 Å². The van der Waals surface area contributed by atoms with E-state index in [0.717, 1.165) is 17.8 Å². The summed E-state index contributed by atoms with van der Waals surface area (Å²) in [6.45, 7) is 2.33. The van der Waals surface area contributed by atoms with E-state index >= 15 is 0 Å². The van der Waals surface area contributed by atoms with E-state index < -0.39 is 5.82 Å². The van der Waals surface area contributed by atoms with E-state index in [0.29, 0.717) is 29.8 Å². The van der Waals surface area contributed by atoms with Crippen molar-refractivity contribution in [2.24, 2.45) is 14.1 Å². The second-order valence-electron chi connectivity index (χ2n) is 8.43. The third-order valence-corrected chi connectivity index (χ3v) is 6.49. The Morgan fingerprint density at radius 3 is 2.70 bits per heavy atom. The minimum absolute atomic E-state index is 0.0513. The summed E-state index contributed by atoms with van der Waals surface area (Å²) >= 11 is 5.97. The minimum Gasteiger partial charge on any atom is -0.372 e. The van der Waals surface area contributed by atoms with Gasteiger partial charge in [-0.3, -0.25) is 19.0 Å². The van der Waals surface area contributed by atoms with E-state index in [1.807, 2.05) is 25.4 Å². The molecule has 0 amide bonds. The first kappa shape index (κ1) is 21.7. The maximum absolute atomic E-state index is 15.0. The van der Waals surface area contributed by atoms with Crippen molar-refractivity contribution in [1.82, 2.24) is 24.3 Å². The molecule has 4 heterocycles. The molecule has 3 aromatic heterocycles. The van der Waals surface area contributed by atoms with Crippen LogP contribution in [0, 0.1) is 12.7 Å². The molecular formula is C24H23ClFN5O2. The Kier molecular flexibility index (Phi) is 5.50. The van der Waals surface area contributed by atoms with Crippen LogP contribution in [-0.2, 0) is 18.8 Å². The molecule has 1 aliphatic heterocycles. The van der Waals surface area contributed by atoms with E-state index in [1.165, 1.54) is 10.6 Å². The Morgan fingerprint density at radius 2 is 1.97 bits per heavy atom. The van der Waals surface area contributed by atoms with Crippen LogP contribution in [0.2, 0.25) is 5.02 Å². The SMILES string of the molecule is Cc1nc2cc([C@H]3CCO[C@@H](c4ccn(C)n4)C3)nc(-c3ccc(Cl)cc3F)c2c(=O)n1C. The summed E-state index contributed by atoms with van der Waals surface area (Å²) in [4.78, 5) is 22.6. The number of hydrogen-bond acceptors (Lipinski definition) is 5. The van der Waals surface area contributed by atoms with E-state index in [4.69, 9.17) is 21.3 Å². The Balaban J connectivity index is 1.67. The largest absolute Gasteiger partial charge is 0.372 e. The van der Waals surface area contributed by atoms with Crippen molar-refractivity contribution in [3.05, 3.63) is 74.9 Å². The second-order valence-corrected chi connectivity index (χ2v) is 8.87. The molecule has 1 aromatic carbocycles. The lowest BCUT2D eigenvalue weighted by atomic mass is 9.90. The number of ether oxygens (including phenoxy) is 1. The van der Waals surface area contributed by atoms with E-state index in [1.54, 1.807) is 30.8 Å². The van der Waals surface area contributed by atoms with Gasteiger partial charge in [-0.1, -0.05) is 11.6 Å². The molecule has 0 radical (unpaired) electrons. The number of benzene rings is 1. The van der Waals surface area contributed by atoms with Crippen LogP contribution in [0.15, 0.2) is 41.3 Å². The number of nitrogens with zero attached hydrogens (tertiary/aromatic N) is 5. The average Bonchev–Trinajstić information content (AvgIpc) is 3.23. The van der Waals surface area contributed by atoms with Crippen LogP contribution < -0.4 is 5.56 Å². The third kappa shape index (κ3) is 3.94. The molecule has 0 spiro atoms. The molecule has 0 aliphatic carbocycles. The fourth-order valence-electron chi connectivity index (χ4n) is 4.38. The fourth-order valence-corrected chi connectivity index (χ4v) is 4.53. The molecule has 2 atom stereocenters. The summed E-state index contributed by atoms with van der Waals surface area (Å²) < 4.78 is 24.1. The molecular weight excluding hydrogens is 445 g/mol. The number of rotatable bonds is 3. The third-order valence-electron chi connectivity index (χ3n) is 6.26. The predicted octanol–water partition coefficient (Wildman–Crippen LogP) is 4.47. The number of halogens is 2. The van der Waals surface area contributed by atoms with Crippen molar-refractivity contribution in [1.29, 1.82) is 0 Å². The van der Waals surface area contributed by atoms with Gasteiger partial charge in [0.25, 0.3) is 5.56 Å². The molecule has 9 heteroatoms. The molecule has 4 aromatic rings. The quantitative estimate of drug-likeness (QED) is 0.444. The molecule has 0 saturated carbocycles. The average molecular weight is 468 g/mol. The zero-order valence-corrected chi connectivity index (χ0v) is 19.3. The van der Waals surface area contributed by atoms with Crippen molar-refractivity contribution in [2.75, 3.05) is 6.61 Å². The summed E-state index contributed by atoms with van der Waals surface area (Å²) in [7, 11) is 3.52. The minimum atomic E-state index is -0.533. The van der Waals surface area contributed by atoms with Crippen molar-refractivity contribution in [2.45, 2.75) is 31.8 Å². The van der Waals surface area contributed by atoms with Gasteiger partial charge in [-0.2, -0.15) is 5.10 Å². The van der Waals surface area contributed by atoms with Crippen LogP contribution >= 0.6 is 11.6 Å². The number of aryl methyl sites for hydroxylation is 2. The summed E-state index contributed by atoms with van der Waals surface area (Å²) in [5, 5.41) is 5.05. The molecule has 0 N–H and O–H groups in total. The van der Waals surface area contributed by atoms with Gasteiger partial charge in [0.15, 0.2) is 0 Å². The summed E-state index contributed by atoms with van der Waals surface area (Å²) in [5.41, 5.74) is 2.38. The summed E-state index contributed by atoms with van der Waals surface area (Å²) in [6.07, 6.45) is 3.17. The van der Waals surface area contributed by atoms with Crippen LogP contribution in [-0.4, -0.2) is 30.9 Å². The molecule has 33 heavy (non-hydrogen) atoms. The van der Waals surface area contributed by atoms with Crippen LogP contribution in [0.25, 0.3) is 22.2 Å². The Bertz CT molecular complexity index is 1430. The number of aromatic nitrogens is 5. The van der Waals surface area contributed by atoms with Gasteiger partial charge < -0.3 is 4.74 Å². The Labute approximate surface area is 194 Å². The fraction of sp³-hybridized carbons (Fsp3) is 0.333. The first-order valence-corrected chi connectivity index (χ1v) is 11.1. The highest BCUT2D eigenvalue weighted by atomic mass is 35.5. The normalized spacial score (nSPS) is 18.7. The molecule has 7 nitrogen and oxygen atoms in total. The van der Waals surface area contributed by atoms with Crippen LogP contribution in [0.3, 0.4) is 0 Å². The lowest BCUT2D eigenvalue weighted by molar-refractivity contribution is 0.00185. The highest BCUT2D eigenvalue weighted by Gasteiger charge is 2.29. The lowest BCUT2D eigenvalue weighted by Crippen LogP contribution is -2.23. The van der Waals surface area contributed by atoms with Gasteiger partial charge in [-0.05, 0) is 50.1 Å². The van der Waals surface area contributed by atoms with Crippen molar-refractivity contribution >= 4 is 22.5 Å². The number of pyridine rings is 1. The number of hydrogen-bond donors (Lipinski definition) is 0. The molecule has 1 aliphatic rings. The van der Waals surface area contributed by atoms with Gasteiger partial charge in [0.1, 0.15) is 17.7 Å². The molecule has 1 fully saturated rings. The lowest BCUT2D eigenvalue weighted by Gasteiger charge is -2.28. The Hall–Kier alpha value is -3.10. The van der Waals surface area contributed by atoms with Gasteiger partial charge >= 0.3 is 0 Å². The highest BCUT2D eigenvalue weighted by molar-refractivity contribution is 6.30. The topological polar surface area (TPSA) is 74.8 Å². The van der Waals surface area contributed by atoms with Crippen molar-refractivity contribution in [3.8, 4) is 11.3 Å². The van der Waals surface area contributed by atoms with Gasteiger partial charge in [-0.15, -0.1) is 0 Å². The first-order chi connectivity index (χ1) is 15.8. The first-order valence-electron chi connectivity index (χ1n) is 10.8. The summed E-state index contributed by atoms with van der Waals surface area (Å²) in [5.74, 6) is 0.0929. The Morgan fingerprint density at radius 1 is 1.15 bits per heavy atom. The monoisotopic (exact) mass is 467 g/mol. The van der Waals surface area contributed by atoms with Gasteiger partial charge in [-0.25, -0.2) is 9.37 Å². The van der Waals surface area contributed by atoms with Gasteiger partial charge in [0.2, 0.25) is 0 Å². The maximum atomic E-state index is 15.0. The van der Waals surface area contributed by atoms with Crippen LogP contribution in [0.5, 0.6) is 0 Å². The zero-order valence-electron chi connectivity index (χ0n) is 18.5. The van der Waals surface area contributed by atoms with Crippen LogP contribution in [0.1, 0.15) is 42.1 Å². The van der Waals surface area contributed by atoms with E-state index in [9.17, 15) is 9.18 Å². The van der Waals surface area contributed by atoms with E-state index in [2.05, 4.69) is 10.1 Å². The second kappa shape index (κ2) is 8.35. The van der Waals surface area contributed by atoms with Crippen molar-refractivity contribution < 1.29 is 9.13 Å². The molecule has 0 unspecified atom stereocenters. The molecule has 170 valence electrons. The molecule has 0 bridgehead atoms. The predicted molar refractivity (Wildman–Crippen MR) is 124 cm³/mol. The molecule has 5 rings (SSSR count). The highest BCUT2D eigenvalue weighted by Crippen LogP contribution is 2.38. The van der Waals surface area contributed by atoms with Crippen LogP contribution in [0.4, 0.5) is 4.39 Å². The summed E-state index contributed by atoms with van der Waals surface area (Å²) in [6, 6.07) is 8.19. The smallest absolute Gasteiger partial charge is 0.263 e. The standard InChI is InChI=1S/C24H23ClFN5O2/c1-13-27-20-12-19(14-7-9-33-21(10-14)18-6-8-30(2)29-18)28-23(22(20)24(32)31(13)3)16-5-4-15(25)11-17(16)26/h4-6,8,11-12,14,21H,7,9-10H2,1-3H3/t14-,21+/m0/s1. The van der Waals surface area contributed by atoms with Gasteiger partial charge in [0.05, 0.1) is 22.3 Å². The maximum Gasteiger partial charge on any atom is 0.263 e. The van der Waals surface area contributed by atoms with E-state index in [-0.39, 0.29) is 33.9 Å². The number of fused-ring (bicyclic) bond motifs is 1. The molecule has 1 saturated heterocycles.